The fraction of sp³-hybridized carbons (Fsp3) is 0.250. The topological polar surface area (TPSA) is 0 Å². The van der Waals surface area contributed by atoms with Crippen LogP contribution in [0.5, 0.6) is 0 Å². The van der Waals surface area contributed by atoms with Gasteiger partial charge in [0.2, 0.25) is 0 Å². The minimum atomic E-state index is -0.586. The molecule has 0 heterocycles. The molecule has 1 aromatic rings. The van der Waals surface area contributed by atoms with Crippen LogP contribution in [0.1, 0.15) is 23.6 Å². The first kappa shape index (κ1) is 17.4. The van der Waals surface area contributed by atoms with Crippen LogP contribution in [0.3, 0.4) is 0 Å². The van der Waals surface area contributed by atoms with Crippen molar-refractivity contribution < 1.29 is 21.7 Å². The van der Waals surface area contributed by atoms with Crippen LogP contribution >= 0.6 is 0 Å². The number of allylic oxidation sites excluding steroid dienone is 3. The molecule has 0 aliphatic heterocycles. The maximum Gasteiger partial charge on any atom is 0.0439 e. The monoisotopic (exact) mass is 290 g/mol. The van der Waals surface area contributed by atoms with Gasteiger partial charge in [0.25, 0.3) is 0 Å². The first-order valence-electron chi connectivity index (χ1n) is 6.12. The number of benzene rings is 1. The second-order valence-electron chi connectivity index (χ2n) is 4.71. The van der Waals surface area contributed by atoms with E-state index in [0.717, 1.165) is 5.54 Å². The Kier molecular flexibility index (Phi) is 8.17. The zero-order valence-corrected chi connectivity index (χ0v) is 14.3. The van der Waals surface area contributed by atoms with Crippen LogP contribution in [-0.2, 0) is 21.7 Å². The zero-order valence-electron chi connectivity index (χ0n) is 11.6. The fourth-order valence-corrected chi connectivity index (χ4v) is 4.56. The summed E-state index contributed by atoms with van der Waals surface area (Å²) in [6.07, 6.45) is 5.63. The summed E-state index contributed by atoms with van der Waals surface area (Å²) < 4.78 is 0. The van der Waals surface area contributed by atoms with Crippen molar-refractivity contribution in [1.29, 1.82) is 0 Å². The molecule has 1 aliphatic carbocycles. The van der Waals surface area contributed by atoms with Crippen molar-refractivity contribution in [2.24, 2.45) is 0 Å². The van der Waals surface area contributed by atoms with Crippen LogP contribution in [0.25, 0.3) is 6.08 Å². The molecule has 0 saturated carbocycles. The molecule has 1 aromatic carbocycles. The molecule has 1 unspecified atom stereocenters. The molecule has 2 heteroatoms. The molecule has 0 bridgehead atoms. The predicted octanol–water partition coefficient (Wildman–Crippen LogP) is 4.57. The van der Waals surface area contributed by atoms with Crippen LogP contribution in [0.15, 0.2) is 55.1 Å². The Morgan fingerprint density at radius 2 is 1.67 bits per heavy atom. The number of hydrogen-bond donors (Lipinski definition) is 0. The summed E-state index contributed by atoms with van der Waals surface area (Å²) in [7, 11) is -0.586. The van der Waals surface area contributed by atoms with Gasteiger partial charge in [-0.15, -0.1) is 0 Å². The van der Waals surface area contributed by atoms with Gasteiger partial charge in [-0.3, -0.25) is 0 Å². The molecule has 18 heavy (non-hydrogen) atoms. The van der Waals surface area contributed by atoms with Gasteiger partial charge in [0.15, 0.2) is 0 Å². The fourth-order valence-electron chi connectivity index (χ4n) is 2.39. The number of fused-ring (bicyclic) bond motifs is 1. The number of rotatable bonds is 2. The van der Waals surface area contributed by atoms with Crippen molar-refractivity contribution in [3.8, 4) is 0 Å². The third-order valence-electron chi connectivity index (χ3n) is 3.04. The molecular weight excluding hydrogens is 268 g/mol. The summed E-state index contributed by atoms with van der Waals surface area (Å²) in [4.78, 5) is 0. The van der Waals surface area contributed by atoms with Crippen LogP contribution in [0.4, 0.5) is 0 Å². The van der Waals surface area contributed by atoms with Crippen molar-refractivity contribution >= 4 is 14.9 Å². The van der Waals surface area contributed by atoms with Crippen LogP contribution < -0.4 is 0 Å². The largest absolute Gasteiger partial charge is 0.0991 e. The summed E-state index contributed by atoms with van der Waals surface area (Å²) in [5.74, 6) is 0. The summed E-state index contributed by atoms with van der Waals surface area (Å²) in [6.45, 7) is 13.9. The van der Waals surface area contributed by atoms with E-state index in [1.165, 1.54) is 5.56 Å². The van der Waals surface area contributed by atoms with Gasteiger partial charge in [-0.05, 0) is 23.6 Å². The first-order chi connectivity index (χ1) is 8.11. The average molecular weight is 290 g/mol. The molecule has 94 valence electrons. The van der Waals surface area contributed by atoms with E-state index in [0.29, 0.717) is 0 Å². The predicted molar refractivity (Wildman–Crippen MR) is 82.1 cm³/mol. The van der Waals surface area contributed by atoms with Gasteiger partial charge in [0, 0.05) is 30.5 Å². The Balaban J connectivity index is 0.000000512. The molecule has 0 spiro atoms. The van der Waals surface area contributed by atoms with Gasteiger partial charge >= 0.3 is 0 Å². The molecule has 2 rings (SSSR count). The second-order valence-corrected chi connectivity index (χ2v) is 7.87. The van der Waals surface area contributed by atoms with Gasteiger partial charge in [-0.25, -0.2) is 0 Å². The van der Waals surface area contributed by atoms with Crippen LogP contribution in [0, 0.1) is 0 Å². The Morgan fingerprint density at radius 1 is 1.11 bits per heavy atom. The Morgan fingerprint density at radius 3 is 2.17 bits per heavy atom. The summed E-state index contributed by atoms with van der Waals surface area (Å²) in [6, 6.07) is 8.82. The van der Waals surface area contributed by atoms with Crippen molar-refractivity contribution in [1.82, 2.24) is 0 Å². The average Bonchev–Trinajstić information content (AvgIpc) is 2.65. The summed E-state index contributed by atoms with van der Waals surface area (Å²) in [5, 5.41) is 0. The molecular formula is C16H22SiTi. The second kappa shape index (κ2) is 8.47. The van der Waals surface area contributed by atoms with E-state index in [9.17, 15) is 0 Å². The molecule has 0 amide bonds. The maximum atomic E-state index is 3.36. The zero-order chi connectivity index (χ0) is 12.8. The third-order valence-corrected chi connectivity index (χ3v) is 5.26. The SMILES string of the molecule is C=CC=C.CC1=Cc2ccccc2C1[SiH](C)C.[Ti]. The quantitative estimate of drug-likeness (QED) is 0.553. The molecule has 0 saturated heterocycles. The Labute approximate surface area is 128 Å². The van der Waals surface area contributed by atoms with E-state index in [2.05, 4.69) is 63.5 Å². The van der Waals surface area contributed by atoms with E-state index in [4.69, 9.17) is 0 Å². The van der Waals surface area contributed by atoms with Crippen molar-refractivity contribution in [2.75, 3.05) is 0 Å². The standard InChI is InChI=1S/C12H16Si.C4H6.Ti/c1-9-8-10-6-4-5-7-11(10)12(9)13(2)3;1-3-4-2;/h4-8,12-13H,1-3H3;3-4H,1-2H2;. The smallest absolute Gasteiger partial charge is 0.0439 e. The normalized spacial score (nSPS) is 15.8. The maximum absolute atomic E-state index is 3.36. The molecule has 0 N–H and O–H groups in total. The molecule has 1 atom stereocenters. The van der Waals surface area contributed by atoms with Gasteiger partial charge in [0.1, 0.15) is 0 Å². The Hall–Kier alpha value is -0.629. The molecule has 0 aromatic heterocycles. The van der Waals surface area contributed by atoms with E-state index >= 15 is 0 Å². The van der Waals surface area contributed by atoms with E-state index in [1.54, 1.807) is 23.3 Å². The molecule has 0 nitrogen and oxygen atoms in total. The Bertz CT molecular complexity index is 426. The minimum Gasteiger partial charge on any atom is -0.0991 e. The van der Waals surface area contributed by atoms with Crippen molar-refractivity contribution in [3.63, 3.8) is 0 Å². The van der Waals surface area contributed by atoms with E-state index < -0.39 is 8.80 Å². The van der Waals surface area contributed by atoms with Gasteiger partial charge in [-0.1, -0.05) is 74.3 Å². The van der Waals surface area contributed by atoms with Gasteiger partial charge in [0.05, 0.1) is 0 Å². The van der Waals surface area contributed by atoms with Gasteiger partial charge in [-0.2, -0.15) is 0 Å². The summed E-state index contributed by atoms with van der Waals surface area (Å²) >= 11 is 0. The van der Waals surface area contributed by atoms with Crippen molar-refractivity contribution in [2.45, 2.75) is 25.6 Å². The minimum absolute atomic E-state index is 0. The molecule has 0 radical (unpaired) electrons. The first-order valence-corrected chi connectivity index (χ1v) is 9.10. The van der Waals surface area contributed by atoms with Crippen LogP contribution in [-0.4, -0.2) is 8.80 Å². The molecule has 1 aliphatic rings. The van der Waals surface area contributed by atoms with Crippen molar-refractivity contribution in [3.05, 3.63) is 66.3 Å². The third kappa shape index (κ3) is 4.24. The van der Waals surface area contributed by atoms with E-state index in [1.807, 2.05) is 0 Å². The van der Waals surface area contributed by atoms with Gasteiger partial charge < -0.3 is 0 Å². The number of hydrogen-bond acceptors (Lipinski definition) is 0. The van der Waals surface area contributed by atoms with E-state index in [-0.39, 0.29) is 21.7 Å². The molecule has 0 fully saturated rings. The summed E-state index contributed by atoms with van der Waals surface area (Å²) in [5.41, 5.74) is 5.38. The van der Waals surface area contributed by atoms with Crippen LogP contribution in [0.2, 0.25) is 13.1 Å².